The average molecular weight is 241 g/mol. The summed E-state index contributed by atoms with van der Waals surface area (Å²) in [5, 5.41) is 14.0. The van der Waals surface area contributed by atoms with E-state index in [2.05, 4.69) is 10.6 Å². The van der Waals surface area contributed by atoms with Gasteiger partial charge in [-0.1, -0.05) is 0 Å². The van der Waals surface area contributed by atoms with Crippen LogP contribution in [0.25, 0.3) is 0 Å². The third-order valence-electron chi connectivity index (χ3n) is 1.91. The Hall–Kier alpha value is -2.31. The van der Waals surface area contributed by atoms with Gasteiger partial charge >= 0.3 is 6.03 Å². The van der Waals surface area contributed by atoms with E-state index in [1.165, 1.54) is 6.07 Å². The number of amides is 3. The molecule has 0 saturated carbocycles. The van der Waals surface area contributed by atoms with Crippen LogP contribution in [0.1, 0.15) is 10.4 Å². The average Bonchev–Trinajstić information content (AvgIpc) is 2.23. The van der Waals surface area contributed by atoms with E-state index in [0.29, 0.717) is 0 Å². The summed E-state index contributed by atoms with van der Waals surface area (Å²) in [4.78, 5) is 21.8. The predicted molar refractivity (Wildman–Crippen MR) is 58.0 cm³/mol. The molecular weight excluding hydrogens is 229 g/mol. The van der Waals surface area contributed by atoms with Crippen LogP contribution in [0.4, 0.5) is 9.18 Å². The van der Waals surface area contributed by atoms with Gasteiger partial charge in [0.05, 0.1) is 5.56 Å². The molecule has 1 rings (SSSR count). The normalized spacial score (nSPS) is 9.71. The highest BCUT2D eigenvalue weighted by molar-refractivity contribution is 5.96. The molecule has 1 aromatic rings. The minimum atomic E-state index is -0.691. The monoisotopic (exact) mass is 241 g/mol. The number of aromatic hydroxyl groups is 1. The number of nitrogens with two attached hydrogens (primary N) is 1. The van der Waals surface area contributed by atoms with Gasteiger partial charge in [0.15, 0.2) is 0 Å². The van der Waals surface area contributed by atoms with Crippen LogP contribution in [0.15, 0.2) is 18.2 Å². The van der Waals surface area contributed by atoms with Gasteiger partial charge in [0, 0.05) is 19.2 Å². The van der Waals surface area contributed by atoms with Crippen LogP contribution in [0.5, 0.6) is 5.75 Å². The summed E-state index contributed by atoms with van der Waals surface area (Å²) in [6, 6.07) is 2.39. The second-order valence-corrected chi connectivity index (χ2v) is 3.21. The van der Waals surface area contributed by atoms with Gasteiger partial charge in [-0.2, -0.15) is 0 Å². The molecule has 0 unspecified atom stereocenters. The number of halogens is 1. The minimum Gasteiger partial charge on any atom is -0.507 e. The minimum absolute atomic E-state index is 0.0366. The van der Waals surface area contributed by atoms with Crippen LogP contribution in [0, 0.1) is 5.82 Å². The highest BCUT2D eigenvalue weighted by Crippen LogP contribution is 2.17. The van der Waals surface area contributed by atoms with Gasteiger partial charge in [-0.3, -0.25) is 4.79 Å². The van der Waals surface area contributed by atoms with E-state index in [4.69, 9.17) is 5.73 Å². The SMILES string of the molecule is NC(=O)NCCNC(=O)c1ccc(F)cc1O. The molecule has 0 heterocycles. The van der Waals surface area contributed by atoms with Crippen molar-refractivity contribution in [1.29, 1.82) is 0 Å². The predicted octanol–water partition coefficient (Wildman–Crippen LogP) is -0.0706. The number of carbonyl (C=O) groups is 2. The maximum absolute atomic E-state index is 12.7. The maximum atomic E-state index is 12.7. The Bertz CT molecular complexity index is 437. The first kappa shape index (κ1) is 12.8. The number of hydrogen-bond donors (Lipinski definition) is 4. The zero-order chi connectivity index (χ0) is 12.8. The molecule has 0 aliphatic heterocycles. The largest absolute Gasteiger partial charge is 0.507 e. The number of nitrogens with one attached hydrogen (secondary N) is 2. The van der Waals surface area contributed by atoms with Crippen molar-refractivity contribution in [3.05, 3.63) is 29.6 Å². The van der Waals surface area contributed by atoms with E-state index >= 15 is 0 Å². The number of hydrogen-bond acceptors (Lipinski definition) is 3. The lowest BCUT2D eigenvalue weighted by atomic mass is 10.2. The zero-order valence-electron chi connectivity index (χ0n) is 8.87. The van der Waals surface area contributed by atoms with Gasteiger partial charge in [-0.25, -0.2) is 9.18 Å². The molecule has 0 aromatic heterocycles. The Morgan fingerprint density at radius 3 is 2.53 bits per heavy atom. The number of phenols is 1. The lowest BCUT2D eigenvalue weighted by molar-refractivity contribution is 0.0951. The first-order chi connectivity index (χ1) is 8.00. The molecule has 0 saturated heterocycles. The molecule has 0 fully saturated rings. The summed E-state index contributed by atoms with van der Waals surface area (Å²) in [7, 11) is 0. The number of benzene rings is 1. The smallest absolute Gasteiger partial charge is 0.312 e. The van der Waals surface area contributed by atoms with Crippen LogP contribution in [0.3, 0.4) is 0 Å². The number of rotatable bonds is 4. The summed E-state index contributed by atoms with van der Waals surface area (Å²) in [5.41, 5.74) is 4.78. The molecule has 0 spiro atoms. The quantitative estimate of drug-likeness (QED) is 0.554. The zero-order valence-corrected chi connectivity index (χ0v) is 8.87. The first-order valence-electron chi connectivity index (χ1n) is 4.80. The van der Waals surface area contributed by atoms with Gasteiger partial charge in [0.2, 0.25) is 0 Å². The fourth-order valence-electron chi connectivity index (χ4n) is 1.15. The highest BCUT2D eigenvalue weighted by atomic mass is 19.1. The molecule has 0 radical (unpaired) electrons. The highest BCUT2D eigenvalue weighted by Gasteiger charge is 2.10. The van der Waals surface area contributed by atoms with E-state index in [0.717, 1.165) is 12.1 Å². The third-order valence-corrected chi connectivity index (χ3v) is 1.91. The summed E-state index contributed by atoms with van der Waals surface area (Å²) in [5.74, 6) is -1.63. The van der Waals surface area contributed by atoms with E-state index in [-0.39, 0.29) is 18.7 Å². The van der Waals surface area contributed by atoms with Gasteiger partial charge in [-0.05, 0) is 12.1 Å². The number of phenolic OH excluding ortho intramolecular Hbond substituents is 1. The fourth-order valence-corrected chi connectivity index (χ4v) is 1.15. The van der Waals surface area contributed by atoms with Crippen LogP contribution in [-0.2, 0) is 0 Å². The maximum Gasteiger partial charge on any atom is 0.312 e. The van der Waals surface area contributed by atoms with Gasteiger partial charge in [0.1, 0.15) is 11.6 Å². The molecule has 0 aliphatic rings. The van der Waals surface area contributed by atoms with Crippen molar-refractivity contribution < 1.29 is 19.1 Å². The van der Waals surface area contributed by atoms with E-state index in [9.17, 15) is 19.1 Å². The second kappa shape index (κ2) is 5.69. The van der Waals surface area contributed by atoms with Crippen molar-refractivity contribution in [3.8, 4) is 5.75 Å². The van der Waals surface area contributed by atoms with Crippen molar-refractivity contribution in [1.82, 2.24) is 10.6 Å². The topological polar surface area (TPSA) is 104 Å². The fraction of sp³-hybridized carbons (Fsp3) is 0.200. The molecule has 92 valence electrons. The Labute approximate surface area is 96.6 Å². The summed E-state index contributed by atoms with van der Waals surface area (Å²) in [6.45, 7) is 0.321. The standard InChI is InChI=1S/C10H12FN3O3/c11-6-1-2-7(8(15)5-6)9(16)13-3-4-14-10(12)17/h1-2,5,15H,3-4H2,(H,13,16)(H3,12,14,17). The lowest BCUT2D eigenvalue weighted by Gasteiger charge is -2.06. The number of carbonyl (C=O) groups excluding carboxylic acids is 2. The Balaban J connectivity index is 2.50. The van der Waals surface area contributed by atoms with E-state index in [1.54, 1.807) is 0 Å². The molecule has 7 heteroatoms. The Morgan fingerprint density at radius 2 is 1.94 bits per heavy atom. The summed E-state index contributed by atoms with van der Waals surface area (Å²) < 4.78 is 12.7. The summed E-state index contributed by atoms with van der Waals surface area (Å²) >= 11 is 0. The lowest BCUT2D eigenvalue weighted by Crippen LogP contribution is -2.37. The van der Waals surface area contributed by atoms with E-state index < -0.39 is 23.5 Å². The Morgan fingerprint density at radius 1 is 1.29 bits per heavy atom. The Kier molecular flexibility index (Phi) is 4.27. The molecule has 6 nitrogen and oxygen atoms in total. The van der Waals surface area contributed by atoms with Gasteiger partial charge < -0.3 is 21.5 Å². The van der Waals surface area contributed by atoms with Crippen molar-refractivity contribution in [2.24, 2.45) is 5.73 Å². The summed E-state index contributed by atoms with van der Waals surface area (Å²) in [6.07, 6.45) is 0. The van der Waals surface area contributed by atoms with Crippen LogP contribution in [0.2, 0.25) is 0 Å². The molecule has 5 N–H and O–H groups in total. The molecule has 0 aliphatic carbocycles. The van der Waals surface area contributed by atoms with Gasteiger partial charge in [-0.15, -0.1) is 0 Å². The van der Waals surface area contributed by atoms with E-state index in [1.807, 2.05) is 0 Å². The molecule has 0 atom stereocenters. The molecule has 0 bridgehead atoms. The second-order valence-electron chi connectivity index (χ2n) is 3.21. The molecule has 17 heavy (non-hydrogen) atoms. The van der Waals surface area contributed by atoms with Crippen LogP contribution in [-0.4, -0.2) is 30.1 Å². The number of urea groups is 1. The molecule has 1 aromatic carbocycles. The number of primary amides is 1. The van der Waals surface area contributed by atoms with Crippen molar-refractivity contribution >= 4 is 11.9 Å². The van der Waals surface area contributed by atoms with Crippen molar-refractivity contribution in [2.75, 3.05) is 13.1 Å². The third kappa shape index (κ3) is 3.98. The first-order valence-corrected chi connectivity index (χ1v) is 4.80. The molecule has 3 amide bonds. The van der Waals surface area contributed by atoms with Gasteiger partial charge in [0.25, 0.3) is 5.91 Å². The van der Waals surface area contributed by atoms with Crippen molar-refractivity contribution in [3.63, 3.8) is 0 Å². The van der Waals surface area contributed by atoms with Crippen LogP contribution >= 0.6 is 0 Å². The molecular formula is C10H12FN3O3. The van der Waals surface area contributed by atoms with Crippen LogP contribution < -0.4 is 16.4 Å². The van der Waals surface area contributed by atoms with Crippen molar-refractivity contribution in [2.45, 2.75) is 0 Å².